The molecule has 0 saturated heterocycles. The summed E-state index contributed by atoms with van der Waals surface area (Å²) >= 11 is 0. The minimum absolute atomic E-state index is 0.346. The van der Waals surface area contributed by atoms with Crippen molar-refractivity contribution in [1.82, 2.24) is 4.90 Å². The monoisotopic (exact) mass is 460 g/mol. The second kappa shape index (κ2) is 17.3. The van der Waals surface area contributed by atoms with Crippen LogP contribution in [-0.4, -0.2) is 25.0 Å². The lowest BCUT2D eigenvalue weighted by atomic mass is 9.74. The molecule has 0 spiro atoms. The standard InChI is InChI=1S/C32H48N2/c1-3-4-5-6-7-8-9-10-11-18-25-32(29-33,31-22-16-13-17-23-31)26-19-27-34(2)28-24-30-20-14-12-15-21-30/h12-17,20-23H,3-11,18-19,24-28H2,1-2H3/t32-/m0/s1. The number of hydrogen-bond acceptors (Lipinski definition) is 2. The van der Waals surface area contributed by atoms with Gasteiger partial charge in [0, 0.05) is 6.54 Å². The van der Waals surface area contributed by atoms with Gasteiger partial charge in [-0.05, 0) is 50.4 Å². The average molecular weight is 461 g/mol. The Bertz CT molecular complexity index is 780. The van der Waals surface area contributed by atoms with Crippen LogP contribution in [0.3, 0.4) is 0 Å². The molecule has 0 radical (unpaired) electrons. The van der Waals surface area contributed by atoms with Crippen molar-refractivity contribution in [3.05, 3.63) is 71.8 Å². The molecule has 0 aliphatic carbocycles. The summed E-state index contributed by atoms with van der Waals surface area (Å²) in [6.45, 7) is 4.38. The number of likely N-dealkylation sites (N-methyl/N-ethyl adjacent to an activating group) is 1. The molecule has 0 fully saturated rings. The van der Waals surface area contributed by atoms with Crippen LogP contribution in [0.25, 0.3) is 0 Å². The molecule has 0 unspecified atom stereocenters. The normalized spacial score (nSPS) is 13.0. The molecule has 34 heavy (non-hydrogen) atoms. The molecule has 0 aliphatic heterocycles. The lowest BCUT2D eigenvalue weighted by molar-refractivity contribution is 0.310. The van der Waals surface area contributed by atoms with Crippen molar-refractivity contribution in [2.45, 2.75) is 102 Å². The maximum absolute atomic E-state index is 10.3. The Labute approximate surface area is 210 Å². The van der Waals surface area contributed by atoms with Crippen molar-refractivity contribution in [1.29, 1.82) is 5.26 Å². The molecule has 0 aliphatic rings. The highest BCUT2D eigenvalue weighted by atomic mass is 15.1. The highest BCUT2D eigenvalue weighted by molar-refractivity contribution is 5.32. The minimum Gasteiger partial charge on any atom is -0.306 e. The molecule has 0 heterocycles. The number of nitriles is 1. The van der Waals surface area contributed by atoms with Crippen LogP contribution < -0.4 is 0 Å². The maximum atomic E-state index is 10.3. The number of rotatable bonds is 19. The third kappa shape index (κ3) is 10.9. The fourth-order valence-electron chi connectivity index (χ4n) is 4.99. The first-order valence-electron chi connectivity index (χ1n) is 13.9. The van der Waals surface area contributed by atoms with E-state index in [1.807, 2.05) is 0 Å². The van der Waals surface area contributed by atoms with Crippen molar-refractivity contribution in [2.24, 2.45) is 0 Å². The quantitative estimate of drug-likeness (QED) is 0.196. The van der Waals surface area contributed by atoms with Crippen molar-refractivity contribution in [3.8, 4) is 6.07 Å². The smallest absolute Gasteiger partial charge is 0.0822 e. The number of nitrogens with zero attached hydrogens (tertiary/aromatic N) is 2. The van der Waals surface area contributed by atoms with Gasteiger partial charge in [-0.1, -0.05) is 132 Å². The van der Waals surface area contributed by atoms with Crippen LogP contribution in [0.2, 0.25) is 0 Å². The zero-order valence-corrected chi connectivity index (χ0v) is 22.0. The van der Waals surface area contributed by atoms with Gasteiger partial charge in [-0.3, -0.25) is 0 Å². The molecule has 2 heteroatoms. The van der Waals surface area contributed by atoms with E-state index < -0.39 is 0 Å². The molecule has 2 nitrogen and oxygen atoms in total. The highest BCUT2D eigenvalue weighted by Crippen LogP contribution is 2.34. The zero-order valence-electron chi connectivity index (χ0n) is 22.0. The van der Waals surface area contributed by atoms with Crippen molar-refractivity contribution >= 4 is 0 Å². The summed E-state index contributed by atoms with van der Waals surface area (Å²) in [5.74, 6) is 0. The van der Waals surface area contributed by atoms with E-state index >= 15 is 0 Å². The van der Waals surface area contributed by atoms with Crippen LogP contribution in [0.15, 0.2) is 60.7 Å². The fraction of sp³-hybridized carbons (Fsp3) is 0.594. The molecule has 0 bridgehead atoms. The molecule has 2 rings (SSSR count). The Morgan fingerprint density at radius 2 is 1.21 bits per heavy atom. The molecule has 2 aromatic carbocycles. The lowest BCUT2D eigenvalue weighted by Crippen LogP contribution is -2.28. The van der Waals surface area contributed by atoms with Gasteiger partial charge < -0.3 is 4.90 Å². The Balaban J connectivity index is 1.76. The van der Waals surface area contributed by atoms with E-state index in [4.69, 9.17) is 0 Å². The third-order valence-electron chi connectivity index (χ3n) is 7.27. The summed E-state index contributed by atoms with van der Waals surface area (Å²) in [6, 6.07) is 24.1. The van der Waals surface area contributed by atoms with Gasteiger partial charge in [0.2, 0.25) is 0 Å². The third-order valence-corrected chi connectivity index (χ3v) is 7.27. The molecular weight excluding hydrogens is 412 g/mol. The van der Waals surface area contributed by atoms with E-state index in [0.29, 0.717) is 0 Å². The largest absolute Gasteiger partial charge is 0.306 e. The van der Waals surface area contributed by atoms with Gasteiger partial charge in [-0.2, -0.15) is 5.26 Å². The van der Waals surface area contributed by atoms with E-state index in [2.05, 4.69) is 85.6 Å². The maximum Gasteiger partial charge on any atom is 0.0822 e. The van der Waals surface area contributed by atoms with Crippen LogP contribution in [0.1, 0.15) is 102 Å². The van der Waals surface area contributed by atoms with E-state index in [-0.39, 0.29) is 5.41 Å². The summed E-state index contributed by atoms with van der Waals surface area (Å²) in [5.41, 5.74) is 2.26. The Morgan fingerprint density at radius 3 is 1.79 bits per heavy atom. The van der Waals surface area contributed by atoms with Gasteiger partial charge in [-0.25, -0.2) is 0 Å². The van der Waals surface area contributed by atoms with E-state index in [9.17, 15) is 5.26 Å². The van der Waals surface area contributed by atoms with Gasteiger partial charge in [0.15, 0.2) is 0 Å². The average Bonchev–Trinajstić information content (AvgIpc) is 2.88. The minimum atomic E-state index is -0.346. The highest BCUT2D eigenvalue weighted by Gasteiger charge is 2.31. The lowest BCUT2D eigenvalue weighted by Gasteiger charge is -2.28. The topological polar surface area (TPSA) is 27.0 Å². The van der Waals surface area contributed by atoms with E-state index in [0.717, 1.165) is 45.2 Å². The van der Waals surface area contributed by atoms with Crippen molar-refractivity contribution < 1.29 is 0 Å². The van der Waals surface area contributed by atoms with Crippen molar-refractivity contribution in [2.75, 3.05) is 20.1 Å². The first kappa shape index (κ1) is 28.1. The molecule has 0 saturated carbocycles. The first-order valence-corrected chi connectivity index (χ1v) is 13.9. The van der Waals surface area contributed by atoms with Crippen LogP contribution >= 0.6 is 0 Å². The Kier molecular flexibility index (Phi) is 14.3. The molecule has 0 amide bonds. The predicted octanol–water partition coefficient (Wildman–Crippen LogP) is 8.71. The van der Waals surface area contributed by atoms with Crippen LogP contribution in [0.4, 0.5) is 0 Å². The fourth-order valence-corrected chi connectivity index (χ4v) is 4.99. The summed E-state index contributed by atoms with van der Waals surface area (Å²) in [6.07, 6.45) is 17.4. The number of unbranched alkanes of at least 4 members (excludes halogenated alkanes) is 9. The van der Waals surface area contributed by atoms with Gasteiger partial charge in [0.25, 0.3) is 0 Å². The van der Waals surface area contributed by atoms with E-state index in [1.165, 1.54) is 68.9 Å². The van der Waals surface area contributed by atoms with Crippen LogP contribution in [-0.2, 0) is 11.8 Å². The first-order chi connectivity index (χ1) is 16.7. The number of hydrogen-bond donors (Lipinski definition) is 0. The Hall–Kier alpha value is -2.11. The summed E-state index contributed by atoms with van der Waals surface area (Å²) in [7, 11) is 2.21. The SMILES string of the molecule is CCCCCCCCCCCC[C@@](C#N)(CCCN(C)CCc1ccccc1)c1ccccc1. The molecule has 2 aromatic rings. The number of benzene rings is 2. The Morgan fingerprint density at radius 1 is 0.676 bits per heavy atom. The molecule has 0 aromatic heterocycles. The molecular formula is C32H48N2. The van der Waals surface area contributed by atoms with Gasteiger partial charge in [-0.15, -0.1) is 0 Å². The zero-order chi connectivity index (χ0) is 24.3. The second-order valence-electron chi connectivity index (χ2n) is 10.1. The van der Waals surface area contributed by atoms with Gasteiger partial charge >= 0.3 is 0 Å². The van der Waals surface area contributed by atoms with E-state index in [1.54, 1.807) is 0 Å². The van der Waals surface area contributed by atoms with Crippen LogP contribution in [0.5, 0.6) is 0 Å². The second-order valence-corrected chi connectivity index (χ2v) is 10.1. The molecule has 0 N–H and O–H groups in total. The summed E-state index contributed by atoms with van der Waals surface area (Å²) in [4.78, 5) is 2.42. The summed E-state index contributed by atoms with van der Waals surface area (Å²) in [5, 5.41) is 10.3. The van der Waals surface area contributed by atoms with Gasteiger partial charge in [0.05, 0.1) is 11.5 Å². The summed E-state index contributed by atoms with van der Waals surface area (Å²) < 4.78 is 0. The molecule has 186 valence electrons. The van der Waals surface area contributed by atoms with Crippen molar-refractivity contribution in [3.63, 3.8) is 0 Å². The van der Waals surface area contributed by atoms with Gasteiger partial charge in [0.1, 0.15) is 0 Å². The molecule has 1 atom stereocenters. The predicted molar refractivity (Wildman–Crippen MR) is 147 cm³/mol. The van der Waals surface area contributed by atoms with Crippen LogP contribution in [0, 0.1) is 11.3 Å².